The zero-order chi connectivity index (χ0) is 47.2. The first-order valence-corrected chi connectivity index (χ1v) is 21.7. The first kappa shape index (κ1) is 50.1. The first-order valence-electron chi connectivity index (χ1n) is 21.7. The highest BCUT2D eigenvalue weighted by molar-refractivity contribution is 5.95. The highest BCUT2D eigenvalue weighted by atomic mass is 16.6. The van der Waals surface area contributed by atoms with E-state index < -0.39 is 76.9 Å². The van der Waals surface area contributed by atoms with Crippen molar-refractivity contribution in [1.29, 1.82) is 0 Å². The van der Waals surface area contributed by atoms with Crippen LogP contribution in [0, 0.1) is 10.8 Å². The third kappa shape index (κ3) is 13.5. The molecule has 0 saturated carbocycles. The number of benzene rings is 2. The van der Waals surface area contributed by atoms with E-state index in [9.17, 15) is 38.7 Å². The molecule has 0 spiro atoms. The molecule has 2 aliphatic heterocycles. The number of carbonyl (C=O) groups excluding carboxylic acids is 6. The van der Waals surface area contributed by atoms with Crippen molar-refractivity contribution in [2.24, 2.45) is 10.8 Å². The maximum absolute atomic E-state index is 14.8. The first-order chi connectivity index (χ1) is 29.2. The van der Waals surface area contributed by atoms with Gasteiger partial charge in [0.15, 0.2) is 0 Å². The number of rotatable bonds is 14. The van der Waals surface area contributed by atoms with Crippen molar-refractivity contribution >= 4 is 41.6 Å². The van der Waals surface area contributed by atoms with Crippen LogP contribution in [0.3, 0.4) is 0 Å². The number of nitrogens with one attached hydrogen (secondary N) is 4. The Balaban J connectivity index is 1.67. The minimum atomic E-state index is -1.29. The van der Waals surface area contributed by atoms with Crippen LogP contribution in [0.4, 0.5) is 4.79 Å². The fourth-order valence-electron chi connectivity index (χ4n) is 8.02. The molecule has 63 heavy (non-hydrogen) atoms. The number of carboxylic acid groups (broad SMARTS) is 1. The zero-order valence-corrected chi connectivity index (χ0v) is 39.1. The van der Waals surface area contributed by atoms with Gasteiger partial charge in [-0.05, 0) is 80.7 Å². The smallest absolute Gasteiger partial charge is 0.410 e. The van der Waals surface area contributed by atoms with E-state index in [2.05, 4.69) is 21.3 Å². The molecule has 2 aromatic carbocycles. The molecule has 4 rings (SSSR count). The van der Waals surface area contributed by atoms with E-state index in [1.807, 2.05) is 52.0 Å². The Morgan fingerprint density at radius 2 is 1.40 bits per heavy atom. The van der Waals surface area contributed by atoms with Crippen molar-refractivity contribution in [3.63, 3.8) is 0 Å². The van der Waals surface area contributed by atoms with Gasteiger partial charge in [0, 0.05) is 38.5 Å². The van der Waals surface area contributed by atoms with E-state index in [4.69, 9.17) is 4.74 Å². The van der Waals surface area contributed by atoms with E-state index >= 15 is 0 Å². The second-order valence-corrected chi connectivity index (χ2v) is 20.2. The van der Waals surface area contributed by atoms with Crippen molar-refractivity contribution in [3.8, 4) is 0 Å². The quantitative estimate of drug-likeness (QED) is 0.187. The third-order valence-corrected chi connectivity index (χ3v) is 11.4. The molecule has 1 saturated heterocycles. The SMILES string of the molecule is CNCC(=O)NC(C(=O)N1Cc2cc([C@H]3C[C@@H](C(=O)N[C@@H](Cc4ccccc4)C(=O)O)N(C(=O)[C@@H](NC(=O)CN(C)C(=O)OC(C)(C)C)C(C)(C)C)C3)ccc2CC1C)C(C)(C)C. The Morgan fingerprint density at radius 1 is 0.810 bits per heavy atom. The highest BCUT2D eigenvalue weighted by Crippen LogP contribution is 2.37. The summed E-state index contributed by atoms with van der Waals surface area (Å²) in [6, 6.07) is 10.5. The lowest BCUT2D eigenvalue weighted by atomic mass is 9.84. The summed E-state index contributed by atoms with van der Waals surface area (Å²) >= 11 is 0. The predicted molar refractivity (Wildman–Crippen MR) is 238 cm³/mol. The lowest BCUT2D eigenvalue weighted by Gasteiger charge is -2.40. The average Bonchev–Trinajstić information content (AvgIpc) is 3.63. The van der Waals surface area contributed by atoms with Crippen LogP contribution >= 0.6 is 0 Å². The molecule has 346 valence electrons. The van der Waals surface area contributed by atoms with Crippen LogP contribution in [0.15, 0.2) is 48.5 Å². The van der Waals surface area contributed by atoms with Gasteiger partial charge in [-0.25, -0.2) is 9.59 Å². The standard InChI is InChI=1S/C47H69N7O9/c1-28-20-30-18-19-31(22-32(30)25-53(28)41(58)38(45(2,3)4)50-36(55)24-48-11)33-23-35(40(57)49-34(43(60)61)21-29-16-14-13-15-17-29)54(26-33)42(59)39(46(5,6)7)51-37(56)27-52(12)44(62)63-47(8,9)10/h13-19,22,28,33-35,38-39,48H,20-21,23-27H2,1-12H3,(H,49,57)(H,50,55)(H,51,56)(H,60,61)/t28?,33-,34-,35-,38?,39+/m0/s1. The third-order valence-electron chi connectivity index (χ3n) is 11.4. The number of amides is 6. The fraction of sp³-hybridized carbons (Fsp3) is 0.596. The second-order valence-electron chi connectivity index (χ2n) is 20.2. The molecule has 2 heterocycles. The zero-order valence-electron chi connectivity index (χ0n) is 39.1. The summed E-state index contributed by atoms with van der Waals surface area (Å²) in [6.45, 7) is 18.2. The van der Waals surface area contributed by atoms with Gasteiger partial charge in [0.25, 0.3) is 0 Å². The maximum Gasteiger partial charge on any atom is 0.410 e. The molecule has 5 N–H and O–H groups in total. The van der Waals surface area contributed by atoms with Crippen molar-refractivity contribution in [2.75, 3.05) is 33.7 Å². The molecule has 0 aliphatic carbocycles. The number of aliphatic carboxylic acids is 1. The molecule has 6 atom stereocenters. The number of likely N-dealkylation sites (tertiary alicyclic amines) is 1. The molecule has 2 aliphatic rings. The van der Waals surface area contributed by atoms with Gasteiger partial charge < -0.3 is 45.8 Å². The number of carboxylic acids is 1. The summed E-state index contributed by atoms with van der Waals surface area (Å²) in [5.41, 5.74) is 1.27. The summed E-state index contributed by atoms with van der Waals surface area (Å²) in [7, 11) is 3.08. The number of likely N-dealkylation sites (N-methyl/N-ethyl adjacent to an activating group) is 2. The predicted octanol–water partition coefficient (Wildman–Crippen LogP) is 3.60. The number of nitrogens with zero attached hydrogens (tertiary/aromatic N) is 3. The summed E-state index contributed by atoms with van der Waals surface area (Å²) in [6.07, 6.45) is 0.0436. The molecule has 0 aromatic heterocycles. The van der Waals surface area contributed by atoms with E-state index in [0.717, 1.165) is 21.6 Å². The van der Waals surface area contributed by atoms with Gasteiger partial charge in [-0.1, -0.05) is 90.1 Å². The molecule has 1 fully saturated rings. The normalized spacial score (nSPS) is 19.2. The van der Waals surface area contributed by atoms with Crippen LogP contribution in [-0.4, -0.2) is 131 Å². The molecule has 6 amide bonds. The van der Waals surface area contributed by atoms with Gasteiger partial charge in [0.2, 0.25) is 29.5 Å². The second kappa shape index (κ2) is 20.3. The Labute approximate surface area is 372 Å². The van der Waals surface area contributed by atoms with Gasteiger partial charge in [-0.3, -0.25) is 24.0 Å². The number of hydrogen-bond donors (Lipinski definition) is 5. The summed E-state index contributed by atoms with van der Waals surface area (Å²) in [4.78, 5) is 99.0. The Hall–Kier alpha value is -5.51. The summed E-state index contributed by atoms with van der Waals surface area (Å²) in [5.74, 6) is -3.88. The highest BCUT2D eigenvalue weighted by Gasteiger charge is 2.46. The van der Waals surface area contributed by atoms with Crippen molar-refractivity contribution in [3.05, 3.63) is 70.8 Å². The maximum atomic E-state index is 14.8. The van der Waals surface area contributed by atoms with Crippen molar-refractivity contribution in [1.82, 2.24) is 36.0 Å². The van der Waals surface area contributed by atoms with Gasteiger partial charge in [0.05, 0.1) is 6.54 Å². The van der Waals surface area contributed by atoms with Crippen LogP contribution in [-0.2, 0) is 52.9 Å². The average molecular weight is 876 g/mol. The molecule has 0 radical (unpaired) electrons. The van der Waals surface area contributed by atoms with Crippen LogP contribution in [0.5, 0.6) is 0 Å². The van der Waals surface area contributed by atoms with Crippen LogP contribution in [0.25, 0.3) is 0 Å². The van der Waals surface area contributed by atoms with E-state index in [0.29, 0.717) is 12.0 Å². The van der Waals surface area contributed by atoms with Crippen LogP contribution in [0.2, 0.25) is 0 Å². The van der Waals surface area contributed by atoms with Crippen LogP contribution in [0.1, 0.15) is 104 Å². The van der Waals surface area contributed by atoms with Crippen molar-refractivity contribution < 1.29 is 43.4 Å². The van der Waals surface area contributed by atoms with Crippen molar-refractivity contribution in [2.45, 2.75) is 137 Å². The summed E-state index contributed by atoms with van der Waals surface area (Å²) < 4.78 is 5.39. The molecule has 16 heteroatoms. The minimum absolute atomic E-state index is 0.0194. The largest absolute Gasteiger partial charge is 0.480 e. The molecule has 2 aromatic rings. The van der Waals surface area contributed by atoms with E-state index in [1.54, 1.807) is 77.8 Å². The van der Waals surface area contributed by atoms with E-state index in [-0.39, 0.29) is 56.3 Å². The van der Waals surface area contributed by atoms with E-state index in [1.165, 1.54) is 11.9 Å². The molecule has 0 bridgehead atoms. The monoisotopic (exact) mass is 876 g/mol. The number of carbonyl (C=O) groups is 7. The Morgan fingerprint density at radius 3 is 1.95 bits per heavy atom. The number of hydrogen-bond acceptors (Lipinski definition) is 9. The van der Waals surface area contributed by atoms with Gasteiger partial charge in [-0.15, -0.1) is 0 Å². The van der Waals surface area contributed by atoms with Gasteiger partial charge in [-0.2, -0.15) is 0 Å². The Bertz CT molecular complexity index is 2000. The van der Waals surface area contributed by atoms with Gasteiger partial charge >= 0.3 is 12.1 Å². The topological polar surface area (TPSA) is 207 Å². The lowest BCUT2D eigenvalue weighted by molar-refractivity contribution is -0.146. The minimum Gasteiger partial charge on any atom is -0.480 e. The molecule has 16 nitrogen and oxygen atoms in total. The number of ether oxygens (including phenoxy) is 1. The lowest BCUT2D eigenvalue weighted by Crippen LogP contribution is -2.59. The van der Waals surface area contributed by atoms with Gasteiger partial charge in [0.1, 0.15) is 36.3 Å². The fourth-order valence-corrected chi connectivity index (χ4v) is 8.02. The molecular formula is C47H69N7O9. The molecular weight excluding hydrogens is 807 g/mol. The summed E-state index contributed by atoms with van der Waals surface area (Å²) in [5, 5.41) is 21.5. The number of fused-ring (bicyclic) bond motifs is 1. The Kier molecular flexibility index (Phi) is 16.2. The molecule has 2 unspecified atom stereocenters. The van der Waals surface area contributed by atoms with Crippen LogP contribution < -0.4 is 21.3 Å².